The predicted octanol–water partition coefficient (Wildman–Crippen LogP) is 2.99. The first-order chi connectivity index (χ1) is 12.1. The number of nitrogens with two attached hydrogens (primary N) is 1. The van der Waals surface area contributed by atoms with Crippen LogP contribution in [-0.4, -0.2) is 37.5 Å². The van der Waals surface area contributed by atoms with Crippen molar-refractivity contribution in [2.75, 3.05) is 31.6 Å². The Bertz CT molecular complexity index is 695. The third-order valence-corrected chi connectivity index (χ3v) is 5.02. The molecule has 2 aromatic rings. The third kappa shape index (κ3) is 4.40. The largest absolute Gasteiger partial charge is 0.369 e. The zero-order valence-corrected chi connectivity index (χ0v) is 14.9. The molecule has 1 heterocycles. The lowest BCUT2D eigenvalue weighted by Gasteiger charge is -2.34. The summed E-state index contributed by atoms with van der Waals surface area (Å²) < 4.78 is 0. The van der Waals surface area contributed by atoms with Crippen LogP contribution in [0.1, 0.15) is 30.0 Å². The van der Waals surface area contributed by atoms with Crippen LogP contribution < -0.4 is 10.6 Å². The summed E-state index contributed by atoms with van der Waals surface area (Å²) in [6, 6.07) is 18.9. The van der Waals surface area contributed by atoms with Crippen LogP contribution in [0.4, 0.5) is 5.69 Å². The Kier molecular flexibility index (Phi) is 5.71. The van der Waals surface area contributed by atoms with Gasteiger partial charge in [-0.2, -0.15) is 0 Å². The minimum Gasteiger partial charge on any atom is -0.369 e. The average molecular weight is 337 g/mol. The van der Waals surface area contributed by atoms with Gasteiger partial charge in [0.15, 0.2) is 0 Å². The van der Waals surface area contributed by atoms with E-state index in [9.17, 15) is 4.79 Å². The van der Waals surface area contributed by atoms with Gasteiger partial charge in [-0.3, -0.25) is 4.79 Å². The van der Waals surface area contributed by atoms with E-state index >= 15 is 0 Å². The molecule has 1 fully saturated rings. The summed E-state index contributed by atoms with van der Waals surface area (Å²) in [6.45, 7) is 3.33. The molecule has 1 aliphatic heterocycles. The quantitative estimate of drug-likeness (QED) is 0.845. The molecule has 2 aromatic carbocycles. The summed E-state index contributed by atoms with van der Waals surface area (Å²) in [5.74, 6) is -0.295. The number of rotatable bonds is 7. The Labute approximate surface area is 150 Å². The molecule has 1 unspecified atom stereocenters. The van der Waals surface area contributed by atoms with Gasteiger partial charge in [0, 0.05) is 19.3 Å². The fraction of sp³-hybridized carbons (Fsp3) is 0.381. The van der Waals surface area contributed by atoms with Gasteiger partial charge in [0.05, 0.1) is 12.5 Å². The van der Waals surface area contributed by atoms with Gasteiger partial charge in [-0.05, 0) is 43.1 Å². The van der Waals surface area contributed by atoms with Crippen molar-refractivity contribution >= 4 is 11.6 Å². The van der Waals surface area contributed by atoms with Gasteiger partial charge in [-0.1, -0.05) is 48.5 Å². The monoisotopic (exact) mass is 337 g/mol. The molecule has 1 amide bonds. The van der Waals surface area contributed by atoms with Crippen molar-refractivity contribution in [2.24, 2.45) is 5.73 Å². The van der Waals surface area contributed by atoms with E-state index in [1.54, 1.807) is 0 Å². The van der Waals surface area contributed by atoms with Gasteiger partial charge < -0.3 is 15.5 Å². The number of carbonyl (C=O) groups excluding carboxylic acids is 1. The number of benzene rings is 2. The van der Waals surface area contributed by atoms with E-state index in [1.165, 1.54) is 31.5 Å². The van der Waals surface area contributed by atoms with Crippen molar-refractivity contribution < 1.29 is 4.79 Å². The Hall–Kier alpha value is -2.33. The summed E-state index contributed by atoms with van der Waals surface area (Å²) in [5.41, 5.74) is 8.81. The van der Waals surface area contributed by atoms with Crippen molar-refractivity contribution in [3.63, 3.8) is 0 Å². The van der Waals surface area contributed by atoms with Crippen LogP contribution in [0.5, 0.6) is 0 Å². The van der Waals surface area contributed by atoms with E-state index in [0.29, 0.717) is 0 Å². The Morgan fingerprint density at radius 2 is 1.72 bits per heavy atom. The van der Waals surface area contributed by atoms with Crippen molar-refractivity contribution in [1.82, 2.24) is 4.90 Å². The van der Waals surface area contributed by atoms with Crippen LogP contribution >= 0.6 is 0 Å². The minimum atomic E-state index is -0.295. The topological polar surface area (TPSA) is 49.6 Å². The van der Waals surface area contributed by atoms with Crippen LogP contribution in [0.15, 0.2) is 54.6 Å². The van der Waals surface area contributed by atoms with Crippen molar-refractivity contribution in [1.29, 1.82) is 0 Å². The highest BCUT2D eigenvalue weighted by molar-refractivity contribution is 5.79. The first-order valence-electron chi connectivity index (χ1n) is 9.01. The molecule has 0 spiro atoms. The zero-order valence-electron chi connectivity index (χ0n) is 14.9. The number of likely N-dealkylation sites (tertiary alicyclic amines) is 1. The fourth-order valence-corrected chi connectivity index (χ4v) is 3.70. The van der Waals surface area contributed by atoms with Gasteiger partial charge in [-0.25, -0.2) is 0 Å². The molecule has 1 saturated heterocycles. The number of likely N-dealkylation sites (N-methyl/N-ethyl adjacent to an activating group) is 1. The van der Waals surface area contributed by atoms with E-state index < -0.39 is 0 Å². The molecule has 0 aromatic heterocycles. The molecule has 4 heteroatoms. The molecule has 1 atom stereocenters. The maximum Gasteiger partial charge on any atom is 0.221 e. The van der Waals surface area contributed by atoms with Gasteiger partial charge >= 0.3 is 0 Å². The van der Waals surface area contributed by atoms with Crippen LogP contribution in [0.3, 0.4) is 0 Å². The maximum atomic E-state index is 11.5. The second kappa shape index (κ2) is 8.17. The molecule has 25 heavy (non-hydrogen) atoms. The van der Waals surface area contributed by atoms with Gasteiger partial charge in [0.25, 0.3) is 0 Å². The summed E-state index contributed by atoms with van der Waals surface area (Å²) >= 11 is 0. The number of para-hydroxylation sites is 1. The van der Waals surface area contributed by atoms with E-state index in [0.717, 1.165) is 17.8 Å². The lowest BCUT2D eigenvalue weighted by Crippen LogP contribution is -2.35. The molecule has 0 radical (unpaired) electrons. The van der Waals surface area contributed by atoms with Crippen LogP contribution in [-0.2, 0) is 11.2 Å². The number of carbonyl (C=O) groups is 1. The third-order valence-electron chi connectivity index (χ3n) is 5.02. The highest BCUT2D eigenvalue weighted by Gasteiger charge is 2.24. The summed E-state index contributed by atoms with van der Waals surface area (Å²) in [4.78, 5) is 16.3. The van der Waals surface area contributed by atoms with Gasteiger partial charge in [0.1, 0.15) is 0 Å². The molecule has 3 rings (SSSR count). The lowest BCUT2D eigenvalue weighted by molar-refractivity contribution is -0.117. The summed E-state index contributed by atoms with van der Waals surface area (Å²) in [7, 11) is 2.12. The molecule has 4 nitrogen and oxygen atoms in total. The standard InChI is InChI=1S/C21H27N3O/c1-23(19-12-6-5-11-18(19)15-21(22)25)20(16-24-13-7-8-14-24)17-9-3-2-4-10-17/h2-6,9-12,20H,7-8,13-16H2,1H3,(H2,22,25). The van der Waals surface area contributed by atoms with Crippen LogP contribution in [0.25, 0.3) is 0 Å². The number of hydrogen-bond donors (Lipinski definition) is 1. The number of anilines is 1. The molecule has 132 valence electrons. The van der Waals surface area contributed by atoms with Crippen LogP contribution in [0, 0.1) is 0 Å². The fourth-order valence-electron chi connectivity index (χ4n) is 3.70. The Balaban J connectivity index is 1.91. The summed E-state index contributed by atoms with van der Waals surface area (Å²) in [6.07, 6.45) is 2.83. The molecule has 2 N–H and O–H groups in total. The molecule has 1 aliphatic rings. The molecule has 0 bridgehead atoms. The average Bonchev–Trinajstić information content (AvgIpc) is 3.13. The Morgan fingerprint density at radius 1 is 1.08 bits per heavy atom. The highest BCUT2D eigenvalue weighted by Crippen LogP contribution is 2.30. The van der Waals surface area contributed by atoms with Crippen molar-refractivity contribution in [3.05, 3.63) is 65.7 Å². The second-order valence-electron chi connectivity index (χ2n) is 6.82. The van der Waals surface area contributed by atoms with E-state index in [1.807, 2.05) is 18.2 Å². The predicted molar refractivity (Wildman–Crippen MR) is 103 cm³/mol. The van der Waals surface area contributed by atoms with Crippen LogP contribution in [0.2, 0.25) is 0 Å². The lowest BCUT2D eigenvalue weighted by atomic mass is 10.0. The number of amides is 1. The molecule has 0 aliphatic carbocycles. The molecular weight excluding hydrogens is 310 g/mol. The molecule has 0 saturated carbocycles. The zero-order chi connectivity index (χ0) is 17.6. The van der Waals surface area contributed by atoms with E-state index in [2.05, 4.69) is 53.2 Å². The number of nitrogens with zero attached hydrogens (tertiary/aromatic N) is 2. The van der Waals surface area contributed by atoms with Gasteiger partial charge in [0.2, 0.25) is 5.91 Å². The van der Waals surface area contributed by atoms with Crippen molar-refractivity contribution in [2.45, 2.75) is 25.3 Å². The smallest absolute Gasteiger partial charge is 0.221 e. The first-order valence-corrected chi connectivity index (χ1v) is 9.01. The SMILES string of the molecule is CN(c1ccccc1CC(N)=O)C(CN1CCCC1)c1ccccc1. The van der Waals surface area contributed by atoms with E-state index in [4.69, 9.17) is 5.73 Å². The normalized spacial score (nSPS) is 15.9. The number of hydrogen-bond acceptors (Lipinski definition) is 3. The first kappa shape index (κ1) is 17.5. The second-order valence-corrected chi connectivity index (χ2v) is 6.82. The molecular formula is C21H27N3O. The summed E-state index contributed by atoms with van der Waals surface area (Å²) in [5, 5.41) is 0. The minimum absolute atomic E-state index is 0.244. The number of primary amides is 1. The maximum absolute atomic E-state index is 11.5. The highest BCUT2D eigenvalue weighted by atomic mass is 16.1. The van der Waals surface area contributed by atoms with E-state index in [-0.39, 0.29) is 18.4 Å². The van der Waals surface area contributed by atoms with Crippen molar-refractivity contribution in [3.8, 4) is 0 Å². The van der Waals surface area contributed by atoms with Gasteiger partial charge in [-0.15, -0.1) is 0 Å². The Morgan fingerprint density at radius 3 is 2.40 bits per heavy atom.